The van der Waals surface area contributed by atoms with Gasteiger partial charge in [-0.3, -0.25) is 15.0 Å². The summed E-state index contributed by atoms with van der Waals surface area (Å²) >= 11 is 5.49. The van der Waals surface area contributed by atoms with Crippen molar-refractivity contribution in [3.8, 4) is 0 Å². The second kappa shape index (κ2) is 8.36. The molecule has 0 saturated heterocycles. The molecule has 0 amide bonds. The fourth-order valence-electron chi connectivity index (χ4n) is 3.16. The molecule has 7 nitrogen and oxygen atoms in total. The lowest BCUT2D eigenvalue weighted by Crippen LogP contribution is -2.48. The molecule has 9 heteroatoms. The Hall–Kier alpha value is -3.33. The number of nitrogens with one attached hydrogen (secondary N) is 1. The number of anilines is 1. The molecule has 2 aromatic rings. The predicted molar refractivity (Wildman–Crippen MR) is 110 cm³/mol. The van der Waals surface area contributed by atoms with E-state index in [2.05, 4.69) is 5.32 Å². The van der Waals surface area contributed by atoms with Crippen LogP contribution in [0.25, 0.3) is 0 Å². The monoisotopic (exact) mass is 415 g/mol. The lowest BCUT2D eigenvalue weighted by atomic mass is 9.94. The lowest BCUT2D eigenvalue weighted by Gasteiger charge is -2.37. The molecule has 0 bridgehead atoms. The van der Waals surface area contributed by atoms with Crippen molar-refractivity contribution in [3.63, 3.8) is 0 Å². The number of hydrogen-bond donors (Lipinski definition) is 1. The smallest absolute Gasteiger partial charge is 0.338 e. The number of carbonyl (C=O) groups excluding carboxylic acids is 1. The summed E-state index contributed by atoms with van der Waals surface area (Å²) in [6.45, 7) is 3.61. The Morgan fingerprint density at radius 1 is 1.24 bits per heavy atom. The minimum absolute atomic E-state index is 0.0570. The molecule has 0 aromatic heterocycles. The number of nitro benzene ring substituents is 1. The van der Waals surface area contributed by atoms with Gasteiger partial charge in [-0.25, -0.2) is 9.18 Å². The van der Waals surface area contributed by atoms with Gasteiger partial charge in [0.05, 0.1) is 23.1 Å². The van der Waals surface area contributed by atoms with Gasteiger partial charge in [-0.2, -0.15) is 0 Å². The molecule has 0 unspecified atom stereocenters. The summed E-state index contributed by atoms with van der Waals surface area (Å²) in [4.78, 5) is 24.8. The molecule has 0 fully saturated rings. The van der Waals surface area contributed by atoms with Crippen LogP contribution in [0, 0.1) is 15.9 Å². The van der Waals surface area contributed by atoms with Crippen molar-refractivity contribution in [2.24, 2.45) is 0 Å². The quantitative estimate of drug-likeness (QED) is 0.342. The Morgan fingerprint density at radius 3 is 2.41 bits per heavy atom. The summed E-state index contributed by atoms with van der Waals surface area (Å²) < 4.78 is 18.6. The van der Waals surface area contributed by atoms with Crippen LogP contribution < -0.4 is 10.2 Å². The van der Waals surface area contributed by atoms with E-state index in [9.17, 15) is 19.3 Å². The van der Waals surface area contributed by atoms with Gasteiger partial charge < -0.3 is 10.1 Å². The van der Waals surface area contributed by atoms with Gasteiger partial charge in [0.2, 0.25) is 0 Å². The third-order valence-corrected chi connectivity index (χ3v) is 4.80. The number of nitro groups is 1. The summed E-state index contributed by atoms with van der Waals surface area (Å²) in [6.07, 6.45) is 0. The molecule has 2 aromatic carbocycles. The fourth-order valence-corrected chi connectivity index (χ4v) is 3.52. The largest absolute Gasteiger partial charge is 0.463 e. The average molecular weight is 415 g/mol. The third-order valence-electron chi connectivity index (χ3n) is 4.50. The van der Waals surface area contributed by atoms with Crippen LogP contribution in [0.15, 0.2) is 59.8 Å². The number of allylic oxidation sites excluding steroid dienone is 1. The highest BCUT2D eigenvalue weighted by atomic mass is 32.1. The first-order valence-electron chi connectivity index (χ1n) is 8.82. The molecular weight excluding hydrogens is 397 g/mol. The van der Waals surface area contributed by atoms with E-state index < -0.39 is 16.9 Å². The van der Waals surface area contributed by atoms with Gasteiger partial charge in [-0.15, -0.1) is 0 Å². The number of halogens is 1. The predicted octanol–water partition coefficient (Wildman–Crippen LogP) is 4.01. The van der Waals surface area contributed by atoms with Crippen molar-refractivity contribution in [1.82, 2.24) is 5.32 Å². The Morgan fingerprint density at radius 2 is 1.86 bits per heavy atom. The van der Waals surface area contributed by atoms with Gasteiger partial charge >= 0.3 is 5.97 Å². The first kappa shape index (κ1) is 20.4. The van der Waals surface area contributed by atoms with Crippen LogP contribution in [0.4, 0.5) is 15.8 Å². The highest BCUT2D eigenvalue weighted by Gasteiger charge is 2.35. The number of ether oxygens (including phenoxy) is 1. The number of hydrogen-bond acceptors (Lipinski definition) is 5. The molecule has 1 atom stereocenters. The van der Waals surface area contributed by atoms with E-state index in [0.717, 1.165) is 0 Å². The zero-order valence-electron chi connectivity index (χ0n) is 15.7. The Balaban J connectivity index is 2.09. The first-order valence-corrected chi connectivity index (χ1v) is 9.22. The average Bonchev–Trinajstić information content (AvgIpc) is 2.69. The molecule has 150 valence electrons. The number of esters is 1. The van der Waals surface area contributed by atoms with E-state index >= 15 is 0 Å². The van der Waals surface area contributed by atoms with E-state index in [0.29, 0.717) is 27.6 Å². The lowest BCUT2D eigenvalue weighted by molar-refractivity contribution is -0.384. The van der Waals surface area contributed by atoms with E-state index in [1.54, 1.807) is 43.0 Å². The number of carbonyl (C=O) groups is 1. The van der Waals surface area contributed by atoms with Crippen molar-refractivity contribution in [1.29, 1.82) is 0 Å². The highest BCUT2D eigenvalue weighted by Crippen LogP contribution is 2.34. The molecule has 1 heterocycles. The van der Waals surface area contributed by atoms with Crippen molar-refractivity contribution < 1.29 is 18.8 Å². The van der Waals surface area contributed by atoms with Crippen molar-refractivity contribution in [3.05, 3.63) is 81.3 Å². The molecule has 0 radical (unpaired) electrons. The van der Waals surface area contributed by atoms with E-state index in [1.807, 2.05) is 0 Å². The van der Waals surface area contributed by atoms with Crippen molar-refractivity contribution in [2.45, 2.75) is 19.9 Å². The fraction of sp³-hybridized carbons (Fsp3) is 0.200. The van der Waals surface area contributed by atoms with E-state index in [-0.39, 0.29) is 18.1 Å². The molecule has 3 rings (SSSR count). The SMILES string of the molecule is CCOC(=O)C1=C(C)N(c2ccc(F)cc2)C(=S)N[C@H]1c1ccc([N+](=O)[O-])cc1. The number of non-ortho nitro benzene ring substituents is 1. The van der Waals surface area contributed by atoms with E-state index in [4.69, 9.17) is 17.0 Å². The Kier molecular flexibility index (Phi) is 5.88. The Labute approximate surface area is 171 Å². The van der Waals surface area contributed by atoms with Gasteiger partial charge in [-0.1, -0.05) is 0 Å². The standard InChI is InChI=1S/C20H18FN3O4S/c1-3-28-19(25)17-12(2)23(15-10-6-14(21)7-11-15)20(29)22-18(17)13-4-8-16(9-5-13)24(26)27/h4-11,18H,3H2,1-2H3,(H,22,29)/t18-/m0/s1. The normalized spacial score (nSPS) is 16.4. The molecule has 1 aliphatic heterocycles. The molecule has 0 saturated carbocycles. The summed E-state index contributed by atoms with van der Waals surface area (Å²) in [5.74, 6) is -0.920. The summed E-state index contributed by atoms with van der Waals surface area (Å²) in [5.41, 5.74) is 2.00. The van der Waals surface area contributed by atoms with Gasteiger partial charge in [-0.05, 0) is 68.0 Å². The number of rotatable bonds is 5. The minimum Gasteiger partial charge on any atom is -0.463 e. The van der Waals surface area contributed by atoms with Crippen LogP contribution in [0.5, 0.6) is 0 Å². The number of nitrogens with zero attached hydrogens (tertiary/aromatic N) is 2. The van der Waals surface area contributed by atoms with Crippen molar-refractivity contribution in [2.75, 3.05) is 11.5 Å². The van der Waals surface area contributed by atoms with Crippen molar-refractivity contribution >= 4 is 34.7 Å². The maximum Gasteiger partial charge on any atom is 0.338 e. The van der Waals surface area contributed by atoms with Gasteiger partial charge in [0.15, 0.2) is 5.11 Å². The Bertz CT molecular complexity index is 990. The molecular formula is C20H18FN3O4S. The molecule has 0 spiro atoms. The van der Waals surface area contributed by atoms with Crippen LogP contribution in [0.1, 0.15) is 25.5 Å². The van der Waals surface area contributed by atoms with Gasteiger partial charge in [0.25, 0.3) is 5.69 Å². The minimum atomic E-state index is -0.640. The number of benzene rings is 2. The van der Waals surface area contributed by atoms with Gasteiger partial charge in [0.1, 0.15) is 5.82 Å². The maximum absolute atomic E-state index is 13.3. The zero-order valence-corrected chi connectivity index (χ0v) is 16.5. The topological polar surface area (TPSA) is 84.7 Å². The van der Waals surface area contributed by atoms with Crippen LogP contribution >= 0.6 is 12.2 Å². The summed E-state index contributed by atoms with van der Waals surface area (Å²) in [6, 6.07) is 10.9. The highest BCUT2D eigenvalue weighted by molar-refractivity contribution is 7.80. The molecule has 1 aliphatic rings. The zero-order chi connectivity index (χ0) is 21.1. The second-order valence-electron chi connectivity index (χ2n) is 6.26. The van der Waals surface area contributed by atoms with Crippen LogP contribution in [-0.4, -0.2) is 22.6 Å². The maximum atomic E-state index is 13.3. The molecule has 29 heavy (non-hydrogen) atoms. The van der Waals surface area contributed by atoms with Crippen LogP contribution in [0.3, 0.4) is 0 Å². The van der Waals surface area contributed by atoms with Gasteiger partial charge in [0, 0.05) is 23.5 Å². The summed E-state index contributed by atoms with van der Waals surface area (Å²) in [7, 11) is 0. The second-order valence-corrected chi connectivity index (χ2v) is 6.65. The van der Waals surface area contributed by atoms with Crippen LogP contribution in [0.2, 0.25) is 0 Å². The molecule has 0 aliphatic carbocycles. The number of thiocarbonyl (C=S) groups is 1. The third kappa shape index (κ3) is 4.09. The summed E-state index contributed by atoms with van der Waals surface area (Å²) in [5, 5.41) is 14.3. The van der Waals surface area contributed by atoms with Crippen LogP contribution in [-0.2, 0) is 9.53 Å². The van der Waals surface area contributed by atoms with E-state index in [1.165, 1.54) is 24.3 Å². The first-order chi connectivity index (χ1) is 13.8. The molecule has 1 N–H and O–H groups in total.